The summed E-state index contributed by atoms with van der Waals surface area (Å²) in [4.78, 5) is 16.0. The lowest BCUT2D eigenvalue weighted by Crippen LogP contribution is -2.27. The van der Waals surface area contributed by atoms with Crippen molar-refractivity contribution < 1.29 is 4.79 Å². The molecule has 0 atom stereocenters. The van der Waals surface area contributed by atoms with Crippen LogP contribution in [0.1, 0.15) is 22.3 Å². The molecule has 2 rings (SSSR count). The molecule has 0 spiro atoms. The monoisotopic (exact) mass is 273 g/mol. The summed E-state index contributed by atoms with van der Waals surface area (Å²) in [6, 6.07) is 5.61. The second kappa shape index (κ2) is 6.81. The van der Waals surface area contributed by atoms with Crippen molar-refractivity contribution in [2.75, 3.05) is 20.1 Å². The van der Waals surface area contributed by atoms with Gasteiger partial charge in [0.2, 0.25) is 0 Å². The number of carbonyl (C=O) groups is 1. The first kappa shape index (κ1) is 14.2. The van der Waals surface area contributed by atoms with E-state index in [1.54, 1.807) is 11.0 Å². The fourth-order valence-electron chi connectivity index (χ4n) is 1.95. The maximum Gasteiger partial charge on any atom is 0.251 e. The van der Waals surface area contributed by atoms with Gasteiger partial charge in [-0.15, -0.1) is 0 Å². The molecular weight excluding hydrogens is 254 g/mol. The van der Waals surface area contributed by atoms with E-state index in [2.05, 4.69) is 20.7 Å². The topological polar surface area (TPSA) is 71.8 Å². The van der Waals surface area contributed by atoms with Gasteiger partial charge in [0.25, 0.3) is 5.91 Å². The average molecular weight is 273 g/mol. The zero-order chi connectivity index (χ0) is 14.4. The fraction of sp³-hybridized carbons (Fsp3) is 0.357. The van der Waals surface area contributed by atoms with E-state index in [9.17, 15) is 4.79 Å². The van der Waals surface area contributed by atoms with Crippen molar-refractivity contribution in [1.82, 2.24) is 25.4 Å². The van der Waals surface area contributed by atoms with Crippen molar-refractivity contribution in [1.29, 1.82) is 0 Å². The molecule has 1 aromatic heterocycles. The van der Waals surface area contributed by atoms with Gasteiger partial charge in [0.1, 0.15) is 12.7 Å². The predicted molar refractivity (Wildman–Crippen MR) is 77.0 cm³/mol. The second-order valence-electron chi connectivity index (χ2n) is 4.55. The molecule has 20 heavy (non-hydrogen) atoms. The molecule has 0 aliphatic heterocycles. The standard InChI is InChI=1S/C14H19N5O/c1-11-8-12(19-10-16-9-18-19)4-5-13(11)14(20)17-7-3-6-15-2/h4-5,8-10,15H,3,6-7H2,1-2H3,(H,17,20). The lowest BCUT2D eigenvalue weighted by Gasteiger charge is -2.09. The van der Waals surface area contributed by atoms with E-state index in [4.69, 9.17) is 0 Å². The second-order valence-corrected chi connectivity index (χ2v) is 4.55. The first-order valence-corrected chi connectivity index (χ1v) is 6.61. The number of nitrogens with zero attached hydrogens (tertiary/aromatic N) is 3. The Hall–Kier alpha value is -2.21. The molecule has 0 bridgehead atoms. The van der Waals surface area contributed by atoms with Crippen LogP contribution in [0.25, 0.3) is 5.69 Å². The number of aromatic nitrogens is 3. The van der Waals surface area contributed by atoms with Crippen LogP contribution in [0.2, 0.25) is 0 Å². The number of hydrogen-bond donors (Lipinski definition) is 2. The normalized spacial score (nSPS) is 10.5. The van der Waals surface area contributed by atoms with Gasteiger partial charge in [0.05, 0.1) is 5.69 Å². The minimum Gasteiger partial charge on any atom is -0.352 e. The fourth-order valence-corrected chi connectivity index (χ4v) is 1.95. The Bertz CT molecular complexity index is 565. The van der Waals surface area contributed by atoms with E-state index < -0.39 is 0 Å². The van der Waals surface area contributed by atoms with E-state index in [0.717, 1.165) is 24.2 Å². The first-order chi connectivity index (χ1) is 9.72. The van der Waals surface area contributed by atoms with Gasteiger partial charge in [-0.05, 0) is 50.7 Å². The van der Waals surface area contributed by atoms with Crippen LogP contribution in [0.4, 0.5) is 0 Å². The SMILES string of the molecule is CNCCCNC(=O)c1ccc(-n2cncn2)cc1C. The third kappa shape index (κ3) is 3.42. The average Bonchev–Trinajstić information content (AvgIpc) is 2.97. The maximum absolute atomic E-state index is 12.1. The summed E-state index contributed by atoms with van der Waals surface area (Å²) in [5, 5.41) is 10.0. The number of aryl methyl sites for hydroxylation is 1. The summed E-state index contributed by atoms with van der Waals surface area (Å²) in [5.74, 6) is -0.0382. The number of hydrogen-bond acceptors (Lipinski definition) is 4. The highest BCUT2D eigenvalue weighted by atomic mass is 16.1. The molecular formula is C14H19N5O. The largest absolute Gasteiger partial charge is 0.352 e. The van der Waals surface area contributed by atoms with Crippen LogP contribution in [0, 0.1) is 6.92 Å². The van der Waals surface area contributed by atoms with Crippen molar-refractivity contribution in [2.24, 2.45) is 0 Å². The summed E-state index contributed by atoms with van der Waals surface area (Å²) in [6.45, 7) is 3.48. The van der Waals surface area contributed by atoms with E-state index in [0.29, 0.717) is 12.1 Å². The van der Waals surface area contributed by atoms with Crippen molar-refractivity contribution in [3.8, 4) is 5.69 Å². The molecule has 0 unspecified atom stereocenters. The maximum atomic E-state index is 12.1. The van der Waals surface area contributed by atoms with Crippen LogP contribution in [-0.4, -0.2) is 40.8 Å². The number of nitrogens with one attached hydrogen (secondary N) is 2. The van der Waals surface area contributed by atoms with E-state index in [-0.39, 0.29) is 5.91 Å². The summed E-state index contributed by atoms with van der Waals surface area (Å²) < 4.78 is 1.67. The smallest absolute Gasteiger partial charge is 0.251 e. The minimum absolute atomic E-state index is 0.0382. The van der Waals surface area contributed by atoms with Gasteiger partial charge in [0, 0.05) is 12.1 Å². The van der Waals surface area contributed by atoms with Crippen molar-refractivity contribution in [3.05, 3.63) is 42.0 Å². The van der Waals surface area contributed by atoms with Crippen LogP contribution in [0.3, 0.4) is 0 Å². The summed E-state index contributed by atoms with van der Waals surface area (Å²) in [7, 11) is 1.90. The van der Waals surface area contributed by atoms with Gasteiger partial charge in [-0.3, -0.25) is 4.79 Å². The Labute approximate surface area is 118 Å². The molecule has 1 amide bonds. The molecule has 0 saturated heterocycles. The third-order valence-corrected chi connectivity index (χ3v) is 3.03. The molecule has 0 saturated carbocycles. The lowest BCUT2D eigenvalue weighted by atomic mass is 10.1. The lowest BCUT2D eigenvalue weighted by molar-refractivity contribution is 0.0952. The number of benzene rings is 1. The Morgan fingerprint density at radius 1 is 1.35 bits per heavy atom. The van der Waals surface area contributed by atoms with Crippen molar-refractivity contribution in [3.63, 3.8) is 0 Å². The molecule has 0 fully saturated rings. The van der Waals surface area contributed by atoms with Crippen molar-refractivity contribution >= 4 is 5.91 Å². The Kier molecular flexibility index (Phi) is 4.84. The summed E-state index contributed by atoms with van der Waals surface area (Å²) >= 11 is 0. The highest BCUT2D eigenvalue weighted by Gasteiger charge is 2.09. The van der Waals surface area contributed by atoms with Crippen LogP contribution >= 0.6 is 0 Å². The van der Waals surface area contributed by atoms with E-state index in [1.165, 1.54) is 6.33 Å². The Balaban J connectivity index is 2.04. The molecule has 1 aromatic carbocycles. The highest BCUT2D eigenvalue weighted by molar-refractivity contribution is 5.95. The van der Waals surface area contributed by atoms with Crippen LogP contribution in [0.5, 0.6) is 0 Å². The molecule has 6 heteroatoms. The van der Waals surface area contributed by atoms with Gasteiger partial charge in [-0.2, -0.15) is 5.10 Å². The number of amides is 1. The first-order valence-electron chi connectivity index (χ1n) is 6.61. The van der Waals surface area contributed by atoms with Gasteiger partial charge in [-0.25, -0.2) is 9.67 Å². The predicted octanol–water partition coefficient (Wildman–Crippen LogP) is 0.915. The zero-order valence-corrected chi connectivity index (χ0v) is 11.8. The molecule has 6 nitrogen and oxygen atoms in total. The summed E-state index contributed by atoms with van der Waals surface area (Å²) in [6.07, 6.45) is 4.03. The number of rotatable bonds is 6. The molecule has 2 aromatic rings. The van der Waals surface area contributed by atoms with Gasteiger partial charge in [0.15, 0.2) is 0 Å². The molecule has 0 aliphatic carbocycles. The summed E-state index contributed by atoms with van der Waals surface area (Å²) in [5.41, 5.74) is 2.51. The Morgan fingerprint density at radius 3 is 2.85 bits per heavy atom. The van der Waals surface area contributed by atoms with Gasteiger partial charge in [-0.1, -0.05) is 0 Å². The molecule has 1 heterocycles. The third-order valence-electron chi connectivity index (χ3n) is 3.03. The zero-order valence-electron chi connectivity index (χ0n) is 11.8. The van der Waals surface area contributed by atoms with Crippen LogP contribution in [0.15, 0.2) is 30.9 Å². The van der Waals surface area contributed by atoms with Crippen molar-refractivity contribution in [2.45, 2.75) is 13.3 Å². The molecule has 0 radical (unpaired) electrons. The van der Waals surface area contributed by atoms with Crippen LogP contribution in [-0.2, 0) is 0 Å². The van der Waals surface area contributed by atoms with Gasteiger partial charge < -0.3 is 10.6 Å². The highest BCUT2D eigenvalue weighted by Crippen LogP contribution is 2.13. The van der Waals surface area contributed by atoms with Gasteiger partial charge >= 0.3 is 0 Å². The quantitative estimate of drug-likeness (QED) is 0.768. The number of carbonyl (C=O) groups excluding carboxylic acids is 1. The molecule has 0 aliphatic rings. The Morgan fingerprint density at radius 2 is 2.20 bits per heavy atom. The van der Waals surface area contributed by atoms with E-state index >= 15 is 0 Å². The van der Waals surface area contributed by atoms with Crippen LogP contribution < -0.4 is 10.6 Å². The molecule has 2 N–H and O–H groups in total. The molecule has 106 valence electrons. The minimum atomic E-state index is -0.0382. The van der Waals surface area contributed by atoms with E-state index in [1.807, 2.05) is 32.2 Å².